The van der Waals surface area contributed by atoms with Crippen LogP contribution >= 0.6 is 0 Å². The molecule has 0 unspecified atom stereocenters. The van der Waals surface area contributed by atoms with Gasteiger partial charge in [0.05, 0.1) is 4.92 Å². The van der Waals surface area contributed by atoms with E-state index < -0.39 is 0 Å². The molecule has 0 saturated carbocycles. The summed E-state index contributed by atoms with van der Waals surface area (Å²) < 4.78 is 1.68. The number of nitro groups is 1. The van der Waals surface area contributed by atoms with Crippen molar-refractivity contribution in [3.8, 4) is 0 Å². The van der Waals surface area contributed by atoms with Crippen molar-refractivity contribution in [3.63, 3.8) is 0 Å². The quantitative estimate of drug-likeness (QED) is 0.418. The predicted molar refractivity (Wildman–Crippen MR) is 70.9 cm³/mol. The summed E-state index contributed by atoms with van der Waals surface area (Å²) in [6, 6.07) is 0. The second-order valence-corrected chi connectivity index (χ2v) is 4.04. The lowest BCUT2D eigenvalue weighted by molar-refractivity contribution is -0.384. The van der Waals surface area contributed by atoms with Crippen LogP contribution in [-0.2, 0) is 6.54 Å². The largest absolute Gasteiger partial charge is 0.363 e. The van der Waals surface area contributed by atoms with Crippen molar-refractivity contribution in [1.29, 1.82) is 0 Å². The summed E-state index contributed by atoms with van der Waals surface area (Å²) >= 11 is 0. The van der Waals surface area contributed by atoms with Gasteiger partial charge in [0.15, 0.2) is 0 Å². The van der Waals surface area contributed by atoms with Gasteiger partial charge in [0, 0.05) is 19.6 Å². The van der Waals surface area contributed by atoms with E-state index >= 15 is 0 Å². The fraction of sp³-hybridized carbons (Fsp3) is 0.727. The van der Waals surface area contributed by atoms with Gasteiger partial charge in [-0.3, -0.25) is 10.1 Å². The minimum absolute atomic E-state index is 0.0833. The van der Waals surface area contributed by atoms with E-state index in [1.54, 1.807) is 11.6 Å². The molecule has 0 saturated heterocycles. The maximum atomic E-state index is 11.0. The molecule has 0 fully saturated rings. The summed E-state index contributed by atoms with van der Waals surface area (Å²) in [7, 11) is 0. The number of hydrogen-bond acceptors (Lipinski definition) is 5. The lowest BCUT2D eigenvalue weighted by atomic mass is 10.3. The van der Waals surface area contributed by atoms with E-state index in [1.807, 2.05) is 13.8 Å². The van der Waals surface area contributed by atoms with E-state index in [1.165, 1.54) is 0 Å². The summed E-state index contributed by atoms with van der Waals surface area (Å²) in [6.45, 7) is 8.68. The Kier molecular flexibility index (Phi) is 5.57. The minimum Gasteiger partial charge on any atom is -0.363 e. The van der Waals surface area contributed by atoms with Crippen LogP contribution in [0.4, 0.5) is 11.5 Å². The molecule has 1 aromatic rings. The Morgan fingerprint density at radius 3 is 2.67 bits per heavy atom. The van der Waals surface area contributed by atoms with E-state index in [0.717, 1.165) is 19.5 Å². The molecule has 0 radical (unpaired) electrons. The Morgan fingerprint density at radius 2 is 2.11 bits per heavy atom. The zero-order valence-corrected chi connectivity index (χ0v) is 11.2. The Hall–Kier alpha value is -1.63. The van der Waals surface area contributed by atoms with Crippen LogP contribution in [-0.4, -0.2) is 34.3 Å². The molecule has 1 rings (SSSR count). The molecule has 0 aliphatic heterocycles. The van der Waals surface area contributed by atoms with Crippen molar-refractivity contribution in [2.75, 3.05) is 25.0 Å². The Bertz CT molecular complexity index is 402. The average molecular weight is 255 g/mol. The smallest absolute Gasteiger partial charge is 0.333 e. The Balaban J connectivity index is 2.86. The molecular weight excluding hydrogens is 234 g/mol. The van der Waals surface area contributed by atoms with Gasteiger partial charge in [-0.15, -0.1) is 0 Å². The molecule has 0 spiro atoms. The molecule has 102 valence electrons. The standard InChI is InChI=1S/C11H21N5O2/c1-4-8-15-11(13-7-6-12-5-2)10(16(17)18)9(3)14-15/h12-13H,4-8H2,1-3H3. The number of hydrogen-bond donors (Lipinski definition) is 2. The third kappa shape index (κ3) is 3.43. The number of rotatable bonds is 8. The molecular formula is C11H21N5O2. The van der Waals surface area contributed by atoms with Crippen LogP contribution in [0.2, 0.25) is 0 Å². The normalized spacial score (nSPS) is 10.6. The average Bonchev–Trinajstić information content (AvgIpc) is 2.62. The highest BCUT2D eigenvalue weighted by Crippen LogP contribution is 2.28. The van der Waals surface area contributed by atoms with E-state index in [0.29, 0.717) is 24.6 Å². The maximum absolute atomic E-state index is 11.0. The van der Waals surface area contributed by atoms with Gasteiger partial charge in [0.2, 0.25) is 5.82 Å². The Morgan fingerprint density at radius 1 is 1.39 bits per heavy atom. The van der Waals surface area contributed by atoms with Crippen LogP contribution < -0.4 is 10.6 Å². The summed E-state index contributed by atoms with van der Waals surface area (Å²) in [6.07, 6.45) is 0.889. The molecule has 2 N–H and O–H groups in total. The second-order valence-electron chi connectivity index (χ2n) is 4.04. The van der Waals surface area contributed by atoms with Gasteiger partial charge >= 0.3 is 5.69 Å². The fourth-order valence-corrected chi connectivity index (χ4v) is 1.79. The number of likely N-dealkylation sites (N-methyl/N-ethyl adjacent to an activating group) is 1. The van der Waals surface area contributed by atoms with Gasteiger partial charge in [-0.25, -0.2) is 4.68 Å². The van der Waals surface area contributed by atoms with Crippen molar-refractivity contribution in [2.45, 2.75) is 33.7 Å². The fourth-order valence-electron chi connectivity index (χ4n) is 1.79. The SMILES string of the molecule is CCCn1nc(C)c([N+](=O)[O-])c1NCCNCC. The molecule has 0 bridgehead atoms. The van der Waals surface area contributed by atoms with E-state index in [-0.39, 0.29) is 10.6 Å². The Labute approximate surface area is 107 Å². The minimum atomic E-state index is -0.371. The van der Waals surface area contributed by atoms with Crippen molar-refractivity contribution < 1.29 is 4.92 Å². The monoisotopic (exact) mass is 255 g/mol. The number of aryl methyl sites for hydroxylation is 2. The summed E-state index contributed by atoms with van der Waals surface area (Å²) in [5.74, 6) is 0.511. The van der Waals surface area contributed by atoms with Crippen LogP contribution in [0.25, 0.3) is 0 Å². The van der Waals surface area contributed by atoms with Crippen molar-refractivity contribution in [3.05, 3.63) is 15.8 Å². The lowest BCUT2D eigenvalue weighted by Gasteiger charge is -2.08. The summed E-state index contributed by atoms with van der Waals surface area (Å²) in [4.78, 5) is 10.7. The highest BCUT2D eigenvalue weighted by molar-refractivity contribution is 5.59. The summed E-state index contributed by atoms with van der Waals surface area (Å²) in [5, 5.41) is 21.5. The van der Waals surface area contributed by atoms with E-state index in [9.17, 15) is 10.1 Å². The zero-order valence-electron chi connectivity index (χ0n) is 11.2. The van der Waals surface area contributed by atoms with Gasteiger partial charge in [-0.2, -0.15) is 5.10 Å². The van der Waals surface area contributed by atoms with Crippen LogP contribution in [0.3, 0.4) is 0 Å². The number of nitrogens with one attached hydrogen (secondary N) is 2. The highest BCUT2D eigenvalue weighted by Gasteiger charge is 2.24. The molecule has 1 aromatic heterocycles. The molecule has 7 nitrogen and oxygen atoms in total. The van der Waals surface area contributed by atoms with Crippen molar-refractivity contribution >= 4 is 11.5 Å². The van der Waals surface area contributed by atoms with Crippen LogP contribution in [0.1, 0.15) is 26.0 Å². The van der Waals surface area contributed by atoms with Gasteiger partial charge in [0.25, 0.3) is 0 Å². The van der Waals surface area contributed by atoms with Crippen molar-refractivity contribution in [2.24, 2.45) is 0 Å². The zero-order chi connectivity index (χ0) is 13.5. The summed E-state index contributed by atoms with van der Waals surface area (Å²) in [5.41, 5.74) is 0.541. The van der Waals surface area contributed by atoms with Crippen LogP contribution in [0.15, 0.2) is 0 Å². The van der Waals surface area contributed by atoms with E-state index in [2.05, 4.69) is 15.7 Å². The predicted octanol–water partition coefficient (Wildman–Crippen LogP) is 1.53. The van der Waals surface area contributed by atoms with Crippen LogP contribution in [0.5, 0.6) is 0 Å². The first-order valence-electron chi connectivity index (χ1n) is 6.28. The molecule has 0 atom stereocenters. The number of nitrogens with zero attached hydrogens (tertiary/aromatic N) is 3. The molecule has 1 heterocycles. The van der Waals surface area contributed by atoms with Gasteiger partial charge < -0.3 is 10.6 Å². The first-order valence-corrected chi connectivity index (χ1v) is 6.28. The number of aromatic nitrogens is 2. The molecule has 7 heteroatoms. The van der Waals surface area contributed by atoms with Crippen LogP contribution in [0, 0.1) is 17.0 Å². The number of anilines is 1. The van der Waals surface area contributed by atoms with Gasteiger partial charge in [-0.1, -0.05) is 13.8 Å². The molecule has 0 aliphatic carbocycles. The van der Waals surface area contributed by atoms with Gasteiger partial charge in [0.1, 0.15) is 5.69 Å². The topological polar surface area (TPSA) is 85.0 Å². The molecule has 0 aromatic carbocycles. The van der Waals surface area contributed by atoms with Crippen molar-refractivity contribution in [1.82, 2.24) is 15.1 Å². The molecule has 0 aliphatic rings. The first-order chi connectivity index (χ1) is 8.61. The lowest BCUT2D eigenvalue weighted by Crippen LogP contribution is -2.23. The second kappa shape index (κ2) is 6.95. The van der Waals surface area contributed by atoms with Gasteiger partial charge in [-0.05, 0) is 19.9 Å². The third-order valence-electron chi connectivity index (χ3n) is 2.56. The molecule has 18 heavy (non-hydrogen) atoms. The first kappa shape index (κ1) is 14.4. The van der Waals surface area contributed by atoms with E-state index in [4.69, 9.17) is 0 Å². The highest BCUT2D eigenvalue weighted by atomic mass is 16.6. The third-order valence-corrected chi connectivity index (χ3v) is 2.56. The maximum Gasteiger partial charge on any atom is 0.333 e. The molecule has 0 amide bonds.